The van der Waals surface area contributed by atoms with Gasteiger partial charge in [-0.05, 0) is 49.7 Å². The van der Waals surface area contributed by atoms with Crippen LogP contribution < -0.4 is 10.0 Å². The van der Waals surface area contributed by atoms with Gasteiger partial charge >= 0.3 is 0 Å². The van der Waals surface area contributed by atoms with Gasteiger partial charge in [0.2, 0.25) is 15.9 Å². The molecule has 0 bridgehead atoms. The molecule has 0 aliphatic carbocycles. The van der Waals surface area contributed by atoms with E-state index >= 15 is 0 Å². The minimum absolute atomic E-state index is 0.00944. The van der Waals surface area contributed by atoms with Crippen LogP contribution in [0.25, 0.3) is 0 Å². The van der Waals surface area contributed by atoms with Gasteiger partial charge in [0.15, 0.2) is 0 Å². The molecule has 2 N–H and O–H groups in total. The molecule has 134 valence electrons. The summed E-state index contributed by atoms with van der Waals surface area (Å²) in [5.74, 6) is -0.535. The molecule has 0 fully saturated rings. The van der Waals surface area contributed by atoms with E-state index in [-0.39, 0.29) is 14.9 Å². The molecule has 0 unspecified atom stereocenters. The molecular formula is C16H15Cl3N2O3S. The second-order valence-electron chi connectivity index (χ2n) is 5.37. The van der Waals surface area contributed by atoms with Crippen LogP contribution in [0.4, 0.5) is 5.69 Å². The molecule has 0 spiro atoms. The Bertz CT molecular complexity index is 917. The third-order valence-corrected chi connectivity index (χ3v) is 5.86. The Balaban J connectivity index is 2.17. The van der Waals surface area contributed by atoms with E-state index in [1.807, 2.05) is 0 Å². The first-order chi connectivity index (χ1) is 11.6. The first kappa shape index (κ1) is 20.0. The summed E-state index contributed by atoms with van der Waals surface area (Å²) in [6.45, 7) is 3.22. The van der Waals surface area contributed by atoms with Crippen LogP contribution in [-0.4, -0.2) is 20.4 Å². The van der Waals surface area contributed by atoms with Crippen molar-refractivity contribution in [3.8, 4) is 0 Å². The number of carbonyl (C=O) groups is 1. The summed E-state index contributed by atoms with van der Waals surface area (Å²) in [6.07, 6.45) is 0. The number of rotatable bonds is 5. The molecule has 1 amide bonds. The highest BCUT2D eigenvalue weighted by atomic mass is 35.5. The summed E-state index contributed by atoms with van der Waals surface area (Å²) >= 11 is 17.6. The van der Waals surface area contributed by atoms with Gasteiger partial charge in [-0.2, -0.15) is 4.72 Å². The topological polar surface area (TPSA) is 75.3 Å². The number of amides is 1. The Morgan fingerprint density at radius 2 is 1.64 bits per heavy atom. The van der Waals surface area contributed by atoms with Gasteiger partial charge in [0.25, 0.3) is 0 Å². The molecule has 25 heavy (non-hydrogen) atoms. The molecule has 9 heteroatoms. The van der Waals surface area contributed by atoms with E-state index in [9.17, 15) is 13.2 Å². The number of hydrogen-bond donors (Lipinski definition) is 2. The zero-order valence-electron chi connectivity index (χ0n) is 13.3. The number of nitrogens with one attached hydrogen (secondary N) is 2. The van der Waals surface area contributed by atoms with E-state index in [2.05, 4.69) is 10.0 Å². The zero-order chi connectivity index (χ0) is 18.8. The smallest absolute Gasteiger partial charge is 0.242 e. The fraction of sp³-hybridized carbons (Fsp3) is 0.188. The molecule has 0 saturated carbocycles. The maximum Gasteiger partial charge on any atom is 0.242 e. The molecule has 0 aromatic heterocycles. The predicted molar refractivity (Wildman–Crippen MR) is 101 cm³/mol. The van der Waals surface area contributed by atoms with Crippen molar-refractivity contribution in [3.05, 3.63) is 57.0 Å². The standard InChI is InChI=1S/C16H15Cl3N2O3S/c1-9-3-4-11(17)7-14(9)20-16(22)10(2)21-25(23,24)15-8-12(18)5-6-13(15)19/h3-8,10,21H,1-2H3,(H,20,22)/t10-/m1/s1. The number of halogens is 3. The SMILES string of the molecule is Cc1ccc(Cl)cc1NC(=O)[C@@H](C)NS(=O)(=O)c1cc(Cl)ccc1Cl. The minimum atomic E-state index is -4.02. The third kappa shape index (κ3) is 5.09. The molecule has 2 aromatic carbocycles. The van der Waals surface area contributed by atoms with Gasteiger partial charge in [0, 0.05) is 15.7 Å². The van der Waals surface area contributed by atoms with Crippen LogP contribution in [0.5, 0.6) is 0 Å². The van der Waals surface area contributed by atoms with Crippen LogP contribution in [0.1, 0.15) is 12.5 Å². The van der Waals surface area contributed by atoms with Crippen molar-refractivity contribution in [2.45, 2.75) is 24.8 Å². The van der Waals surface area contributed by atoms with E-state index < -0.39 is 22.0 Å². The first-order valence-corrected chi connectivity index (χ1v) is 9.76. The third-order valence-electron chi connectivity index (χ3n) is 3.37. The highest BCUT2D eigenvalue weighted by Gasteiger charge is 2.24. The second-order valence-corrected chi connectivity index (χ2v) is 8.33. The van der Waals surface area contributed by atoms with Crippen LogP contribution in [0.3, 0.4) is 0 Å². The highest BCUT2D eigenvalue weighted by molar-refractivity contribution is 7.89. The number of aryl methyl sites for hydroxylation is 1. The minimum Gasteiger partial charge on any atom is -0.324 e. The lowest BCUT2D eigenvalue weighted by atomic mass is 10.2. The second kappa shape index (κ2) is 7.93. The van der Waals surface area contributed by atoms with E-state index in [0.29, 0.717) is 10.7 Å². The molecular weight excluding hydrogens is 407 g/mol. The lowest BCUT2D eigenvalue weighted by Gasteiger charge is -2.16. The van der Waals surface area contributed by atoms with Crippen molar-refractivity contribution in [1.29, 1.82) is 0 Å². The first-order valence-electron chi connectivity index (χ1n) is 7.14. The van der Waals surface area contributed by atoms with Gasteiger partial charge in [0.05, 0.1) is 11.1 Å². The van der Waals surface area contributed by atoms with Crippen molar-refractivity contribution < 1.29 is 13.2 Å². The van der Waals surface area contributed by atoms with Crippen molar-refractivity contribution in [1.82, 2.24) is 4.72 Å². The Kier molecular flexibility index (Phi) is 6.35. The average molecular weight is 422 g/mol. The number of hydrogen-bond acceptors (Lipinski definition) is 3. The van der Waals surface area contributed by atoms with E-state index in [4.69, 9.17) is 34.8 Å². The number of sulfonamides is 1. The molecule has 0 aliphatic heterocycles. The molecule has 1 atom stereocenters. The summed E-state index contributed by atoms with van der Waals surface area (Å²) in [5.41, 5.74) is 1.30. The van der Waals surface area contributed by atoms with Crippen LogP contribution in [0.2, 0.25) is 15.1 Å². The summed E-state index contributed by atoms with van der Waals surface area (Å²) in [7, 11) is -4.02. The molecule has 2 rings (SSSR count). The van der Waals surface area contributed by atoms with Crippen molar-refractivity contribution in [2.75, 3.05) is 5.32 Å². The quantitative estimate of drug-likeness (QED) is 0.757. The molecule has 0 saturated heterocycles. The van der Waals surface area contributed by atoms with Crippen LogP contribution in [-0.2, 0) is 14.8 Å². The summed E-state index contributed by atoms with van der Waals surface area (Å²) in [5, 5.41) is 3.33. The fourth-order valence-electron chi connectivity index (χ4n) is 2.00. The van der Waals surface area contributed by atoms with E-state index in [1.54, 1.807) is 25.1 Å². The van der Waals surface area contributed by atoms with Crippen molar-refractivity contribution >= 4 is 56.4 Å². The Morgan fingerprint density at radius 3 is 2.32 bits per heavy atom. The highest BCUT2D eigenvalue weighted by Crippen LogP contribution is 2.25. The van der Waals surface area contributed by atoms with Gasteiger partial charge in [0.1, 0.15) is 4.90 Å². The molecule has 2 aromatic rings. The lowest BCUT2D eigenvalue weighted by molar-refractivity contribution is -0.117. The largest absolute Gasteiger partial charge is 0.324 e. The molecule has 5 nitrogen and oxygen atoms in total. The average Bonchev–Trinajstić information content (AvgIpc) is 2.52. The molecule has 0 radical (unpaired) electrons. The number of anilines is 1. The Hall–Kier alpha value is -1.31. The summed E-state index contributed by atoms with van der Waals surface area (Å²) in [4.78, 5) is 12.1. The normalized spacial score (nSPS) is 12.7. The lowest BCUT2D eigenvalue weighted by Crippen LogP contribution is -2.41. The number of carbonyl (C=O) groups excluding carboxylic acids is 1. The van der Waals surface area contributed by atoms with Gasteiger partial charge in [-0.15, -0.1) is 0 Å². The van der Waals surface area contributed by atoms with Crippen molar-refractivity contribution in [2.24, 2.45) is 0 Å². The maximum atomic E-state index is 12.4. The van der Waals surface area contributed by atoms with Gasteiger partial charge in [-0.3, -0.25) is 4.79 Å². The van der Waals surface area contributed by atoms with Crippen LogP contribution >= 0.6 is 34.8 Å². The van der Waals surface area contributed by atoms with E-state index in [1.165, 1.54) is 25.1 Å². The molecule has 0 heterocycles. The van der Waals surface area contributed by atoms with E-state index in [0.717, 1.165) is 5.56 Å². The Morgan fingerprint density at radius 1 is 1.04 bits per heavy atom. The number of benzene rings is 2. The van der Waals surface area contributed by atoms with Crippen LogP contribution in [0, 0.1) is 6.92 Å². The zero-order valence-corrected chi connectivity index (χ0v) is 16.4. The van der Waals surface area contributed by atoms with Gasteiger partial charge in [-0.25, -0.2) is 8.42 Å². The van der Waals surface area contributed by atoms with Gasteiger partial charge < -0.3 is 5.32 Å². The Labute approximate surface area is 161 Å². The summed E-state index contributed by atoms with van der Waals surface area (Å²) in [6, 6.07) is 8.05. The fourth-order valence-corrected chi connectivity index (χ4v) is 4.14. The monoisotopic (exact) mass is 420 g/mol. The predicted octanol–water partition coefficient (Wildman–Crippen LogP) is 4.26. The molecule has 0 aliphatic rings. The van der Waals surface area contributed by atoms with Crippen LogP contribution in [0.15, 0.2) is 41.3 Å². The maximum absolute atomic E-state index is 12.4. The summed E-state index contributed by atoms with van der Waals surface area (Å²) < 4.78 is 27.2. The van der Waals surface area contributed by atoms with Crippen molar-refractivity contribution in [3.63, 3.8) is 0 Å². The van der Waals surface area contributed by atoms with Gasteiger partial charge in [-0.1, -0.05) is 40.9 Å².